The van der Waals surface area contributed by atoms with E-state index in [-0.39, 0.29) is 17.9 Å². The number of hydrogen-bond acceptors (Lipinski definition) is 9. The number of aromatic amines is 1. The van der Waals surface area contributed by atoms with Gasteiger partial charge >= 0.3 is 0 Å². The first-order chi connectivity index (χ1) is 20.3. The van der Waals surface area contributed by atoms with Crippen molar-refractivity contribution in [1.82, 2.24) is 40.2 Å². The third kappa shape index (κ3) is 5.56. The molecule has 12 nitrogen and oxygen atoms in total. The van der Waals surface area contributed by atoms with Crippen LogP contribution in [0.25, 0.3) is 5.82 Å². The number of amides is 1. The Hall–Kier alpha value is -4.39. The standard InChI is InChI=1S/C29H35FN10O2/c1-17-13-23(39-38-17)36-27-25-22(5-4-12-31-25)35-26(37-27)19-8-10-29(42-3,11-9-19)28(41)34-18(2)20-6-7-24(32-14-20)40-16-21(30)15-33-40/h6-7,13-16,18-19,31H,4-5,8-12H2,1-3H3,(H,34,41)(H2,35,36,37,38,39)/t18-,19?,29?/m0/s1. The second kappa shape index (κ2) is 11.5. The lowest BCUT2D eigenvalue weighted by atomic mass is 9.77. The molecule has 4 aromatic heterocycles. The highest BCUT2D eigenvalue weighted by atomic mass is 19.1. The van der Waals surface area contributed by atoms with Gasteiger partial charge in [0.2, 0.25) is 0 Å². The van der Waals surface area contributed by atoms with Crippen molar-refractivity contribution >= 4 is 23.2 Å². The summed E-state index contributed by atoms with van der Waals surface area (Å²) in [5, 5.41) is 21.1. The van der Waals surface area contributed by atoms with Gasteiger partial charge in [-0.2, -0.15) is 10.2 Å². The van der Waals surface area contributed by atoms with Gasteiger partial charge < -0.3 is 20.7 Å². The van der Waals surface area contributed by atoms with Crippen LogP contribution in [0, 0.1) is 12.7 Å². The van der Waals surface area contributed by atoms with Crippen LogP contribution < -0.4 is 16.0 Å². The van der Waals surface area contributed by atoms with Gasteiger partial charge in [-0.3, -0.25) is 9.89 Å². The summed E-state index contributed by atoms with van der Waals surface area (Å²) in [6, 6.07) is 5.23. The van der Waals surface area contributed by atoms with Gasteiger partial charge in [-0.05, 0) is 64.0 Å². The number of nitrogens with zero attached hydrogens (tertiary/aromatic N) is 6. The van der Waals surface area contributed by atoms with E-state index in [9.17, 15) is 9.18 Å². The fourth-order valence-corrected chi connectivity index (χ4v) is 5.73. The van der Waals surface area contributed by atoms with Crippen molar-refractivity contribution in [3.63, 3.8) is 0 Å². The number of hydrogen-bond donors (Lipinski definition) is 4. The fraction of sp³-hybridized carbons (Fsp3) is 0.448. The summed E-state index contributed by atoms with van der Waals surface area (Å²) in [7, 11) is 1.60. The molecule has 42 heavy (non-hydrogen) atoms. The summed E-state index contributed by atoms with van der Waals surface area (Å²) < 4.78 is 20.6. The van der Waals surface area contributed by atoms with Crippen LogP contribution in [0.15, 0.2) is 36.8 Å². The molecule has 5 heterocycles. The van der Waals surface area contributed by atoms with Gasteiger partial charge in [0.1, 0.15) is 11.4 Å². The molecular formula is C29H35FN10O2. The number of methoxy groups -OCH3 is 1. The number of carbonyl (C=O) groups excluding carboxylic acids is 1. The molecule has 0 spiro atoms. The Morgan fingerprint density at radius 2 is 2.07 bits per heavy atom. The number of ether oxygens (including phenoxy) is 1. The first kappa shape index (κ1) is 27.8. The van der Waals surface area contributed by atoms with Crippen LogP contribution in [-0.4, -0.2) is 60.1 Å². The Bertz CT molecular complexity index is 1560. The number of aromatic nitrogens is 7. The molecule has 0 saturated heterocycles. The molecule has 2 aliphatic rings. The van der Waals surface area contributed by atoms with Gasteiger partial charge in [-0.1, -0.05) is 6.07 Å². The summed E-state index contributed by atoms with van der Waals surface area (Å²) in [6.07, 6.45) is 8.49. The van der Waals surface area contributed by atoms with Crippen molar-refractivity contribution < 1.29 is 13.9 Å². The molecule has 1 saturated carbocycles. The van der Waals surface area contributed by atoms with Crippen LogP contribution in [0.2, 0.25) is 0 Å². The average Bonchev–Trinajstić information content (AvgIpc) is 3.64. The number of nitrogens with one attached hydrogen (secondary N) is 4. The molecule has 13 heteroatoms. The molecule has 220 valence electrons. The van der Waals surface area contributed by atoms with Gasteiger partial charge in [0.05, 0.1) is 29.8 Å². The zero-order valence-corrected chi connectivity index (χ0v) is 23.9. The Morgan fingerprint density at radius 1 is 1.24 bits per heavy atom. The second-order valence-corrected chi connectivity index (χ2v) is 11.1. The third-order valence-electron chi connectivity index (χ3n) is 8.21. The number of fused-ring (bicyclic) bond motifs is 1. The predicted molar refractivity (Wildman–Crippen MR) is 154 cm³/mol. The summed E-state index contributed by atoms with van der Waals surface area (Å²) >= 11 is 0. The van der Waals surface area contributed by atoms with Crippen LogP contribution in [0.3, 0.4) is 0 Å². The first-order valence-corrected chi connectivity index (χ1v) is 14.3. The fourth-order valence-electron chi connectivity index (χ4n) is 5.73. The van der Waals surface area contributed by atoms with Gasteiger partial charge in [0, 0.05) is 37.5 Å². The maximum Gasteiger partial charge on any atom is 0.252 e. The average molecular weight is 575 g/mol. The molecular weight excluding hydrogens is 539 g/mol. The minimum absolute atomic E-state index is 0.107. The van der Waals surface area contributed by atoms with E-state index in [4.69, 9.17) is 14.7 Å². The van der Waals surface area contributed by atoms with Crippen molar-refractivity contribution in [2.45, 2.75) is 69.9 Å². The molecule has 0 unspecified atom stereocenters. The molecule has 1 atom stereocenters. The molecule has 1 aliphatic carbocycles. The molecule has 4 N–H and O–H groups in total. The quantitative estimate of drug-likeness (QED) is 0.242. The van der Waals surface area contributed by atoms with Crippen LogP contribution >= 0.6 is 0 Å². The van der Waals surface area contributed by atoms with Crippen molar-refractivity contribution in [3.05, 3.63) is 65.4 Å². The Kier molecular flexibility index (Phi) is 7.58. The number of halogens is 1. The van der Waals surface area contributed by atoms with E-state index in [2.05, 4.69) is 36.2 Å². The topological polar surface area (TPSA) is 148 Å². The van der Waals surface area contributed by atoms with Crippen LogP contribution in [0.4, 0.5) is 21.7 Å². The number of aryl methyl sites for hydroxylation is 2. The van der Waals surface area contributed by atoms with E-state index >= 15 is 0 Å². The second-order valence-electron chi connectivity index (χ2n) is 11.1. The number of pyridine rings is 1. The number of anilines is 3. The van der Waals surface area contributed by atoms with Gasteiger partial charge in [-0.25, -0.2) is 24.0 Å². The maximum absolute atomic E-state index is 13.5. The largest absolute Gasteiger partial charge is 0.381 e. The Balaban J connectivity index is 1.13. The molecule has 0 radical (unpaired) electrons. The van der Waals surface area contributed by atoms with Gasteiger partial charge in [-0.15, -0.1) is 0 Å². The SMILES string of the molecule is COC1(C(=O)N[C@@H](C)c2ccc(-n3cc(F)cn3)nc2)CCC(c2nc3c(c(Nc4cc(C)[nH]n4)n2)NCCC3)CC1. The smallest absolute Gasteiger partial charge is 0.252 e. The van der Waals surface area contributed by atoms with E-state index in [0.717, 1.165) is 72.7 Å². The lowest BCUT2D eigenvalue weighted by Crippen LogP contribution is -2.51. The Morgan fingerprint density at radius 3 is 2.74 bits per heavy atom. The zero-order valence-electron chi connectivity index (χ0n) is 23.9. The van der Waals surface area contributed by atoms with Crippen molar-refractivity contribution in [3.8, 4) is 5.82 Å². The van der Waals surface area contributed by atoms with E-state index in [1.54, 1.807) is 19.4 Å². The highest BCUT2D eigenvalue weighted by molar-refractivity contribution is 5.85. The van der Waals surface area contributed by atoms with E-state index in [1.807, 2.05) is 26.0 Å². The summed E-state index contributed by atoms with van der Waals surface area (Å²) in [5.41, 5.74) is 2.79. The van der Waals surface area contributed by atoms with E-state index in [0.29, 0.717) is 24.5 Å². The number of H-pyrrole nitrogens is 1. The predicted octanol–water partition coefficient (Wildman–Crippen LogP) is 4.25. The minimum atomic E-state index is -0.936. The van der Waals surface area contributed by atoms with Crippen molar-refractivity contribution in [2.24, 2.45) is 0 Å². The number of rotatable bonds is 8. The third-order valence-corrected chi connectivity index (χ3v) is 8.21. The normalized spacial score (nSPS) is 20.8. The lowest BCUT2D eigenvalue weighted by molar-refractivity contribution is -0.148. The summed E-state index contributed by atoms with van der Waals surface area (Å²) in [4.78, 5) is 27.8. The monoisotopic (exact) mass is 574 g/mol. The van der Waals surface area contributed by atoms with Gasteiger partial charge in [0.25, 0.3) is 5.91 Å². The maximum atomic E-state index is 13.5. The number of carbonyl (C=O) groups is 1. The summed E-state index contributed by atoms with van der Waals surface area (Å²) in [5.74, 6) is 2.24. The Labute approximate surface area is 242 Å². The summed E-state index contributed by atoms with van der Waals surface area (Å²) in [6.45, 7) is 4.74. The molecule has 6 rings (SSSR count). The highest BCUT2D eigenvalue weighted by Crippen LogP contribution is 2.41. The van der Waals surface area contributed by atoms with Gasteiger partial charge in [0.15, 0.2) is 23.3 Å². The molecule has 1 amide bonds. The zero-order chi connectivity index (χ0) is 29.3. The van der Waals surface area contributed by atoms with Crippen LogP contribution in [-0.2, 0) is 16.0 Å². The highest BCUT2D eigenvalue weighted by Gasteiger charge is 2.43. The van der Waals surface area contributed by atoms with Crippen molar-refractivity contribution in [2.75, 3.05) is 24.3 Å². The lowest BCUT2D eigenvalue weighted by Gasteiger charge is -2.38. The molecule has 0 aromatic carbocycles. The van der Waals surface area contributed by atoms with E-state index in [1.165, 1.54) is 10.9 Å². The van der Waals surface area contributed by atoms with Crippen molar-refractivity contribution in [1.29, 1.82) is 0 Å². The molecule has 1 fully saturated rings. The van der Waals surface area contributed by atoms with Crippen LogP contribution in [0.1, 0.15) is 73.8 Å². The van der Waals surface area contributed by atoms with Crippen LogP contribution in [0.5, 0.6) is 0 Å². The molecule has 0 bridgehead atoms. The first-order valence-electron chi connectivity index (χ1n) is 14.3. The molecule has 1 aliphatic heterocycles. The molecule has 4 aromatic rings. The van der Waals surface area contributed by atoms with E-state index < -0.39 is 11.4 Å². The minimum Gasteiger partial charge on any atom is -0.381 e.